The van der Waals surface area contributed by atoms with Crippen molar-refractivity contribution in [3.05, 3.63) is 0 Å². The third-order valence-electron chi connectivity index (χ3n) is 4.22. The first-order chi connectivity index (χ1) is 11.8. The number of imide groups is 1. The van der Waals surface area contributed by atoms with Gasteiger partial charge in [0.05, 0.1) is 19.7 Å². The van der Waals surface area contributed by atoms with E-state index in [0.29, 0.717) is 0 Å². The average Bonchev–Trinajstić information content (AvgIpc) is 2.85. The van der Waals surface area contributed by atoms with Gasteiger partial charge in [-0.15, -0.1) is 0 Å². The molecular formula is C13H21N3O9. The minimum Gasteiger partial charge on any atom is -0.480 e. The number of carboxylic acids is 1. The fourth-order valence-corrected chi connectivity index (χ4v) is 2.78. The second-order valence-electron chi connectivity index (χ2n) is 5.81. The molecular weight excluding hydrogens is 342 g/mol. The number of aliphatic carboxylic acids is 1. The van der Waals surface area contributed by atoms with Crippen LogP contribution in [0.3, 0.4) is 0 Å². The van der Waals surface area contributed by atoms with E-state index in [0.717, 1.165) is 4.90 Å². The van der Waals surface area contributed by atoms with Crippen molar-refractivity contribution in [1.82, 2.24) is 15.5 Å². The van der Waals surface area contributed by atoms with Crippen molar-refractivity contribution < 1.29 is 44.3 Å². The predicted molar refractivity (Wildman–Crippen MR) is 78.3 cm³/mol. The number of hydrogen-bond donors (Lipinski definition) is 6. The first kappa shape index (κ1) is 19.5. The number of ether oxygens (including phenoxy) is 2. The number of aliphatic hydroxyl groups is 3. The second-order valence-corrected chi connectivity index (χ2v) is 5.81. The van der Waals surface area contributed by atoms with Crippen molar-refractivity contribution in [2.75, 3.05) is 33.4 Å². The van der Waals surface area contributed by atoms with Gasteiger partial charge < -0.3 is 35.2 Å². The summed E-state index contributed by atoms with van der Waals surface area (Å²) in [4.78, 5) is 35.9. The SMILES string of the molecule is COC1(CNCC(=O)O)CN([C@@H]2O[C@H](CO)[C@@H](O)[C@H]2O)C(=O)NC1=O. The van der Waals surface area contributed by atoms with Crippen LogP contribution in [0.1, 0.15) is 0 Å². The van der Waals surface area contributed by atoms with Crippen LogP contribution in [0.2, 0.25) is 0 Å². The van der Waals surface area contributed by atoms with Crippen molar-refractivity contribution in [2.45, 2.75) is 30.1 Å². The van der Waals surface area contributed by atoms with Crippen molar-refractivity contribution >= 4 is 17.9 Å². The topological polar surface area (TPSA) is 178 Å². The third kappa shape index (κ3) is 3.73. The molecule has 2 heterocycles. The highest BCUT2D eigenvalue weighted by Gasteiger charge is 2.53. The summed E-state index contributed by atoms with van der Waals surface area (Å²) in [5.41, 5.74) is -1.62. The fraction of sp³-hybridized carbons (Fsp3) is 0.769. The molecule has 2 fully saturated rings. The second kappa shape index (κ2) is 7.59. The Labute approximate surface area is 142 Å². The summed E-state index contributed by atoms with van der Waals surface area (Å²) in [7, 11) is 1.22. The number of hydrogen-bond acceptors (Lipinski definition) is 9. The summed E-state index contributed by atoms with van der Waals surface area (Å²) >= 11 is 0. The van der Waals surface area contributed by atoms with Crippen LogP contribution in [0, 0.1) is 0 Å². The van der Waals surface area contributed by atoms with Crippen LogP contribution in [-0.4, -0.2) is 107 Å². The molecule has 0 spiro atoms. The normalized spacial score (nSPS) is 35.8. The van der Waals surface area contributed by atoms with Crippen LogP contribution in [0.5, 0.6) is 0 Å². The molecule has 0 bridgehead atoms. The first-order valence-corrected chi connectivity index (χ1v) is 7.48. The lowest BCUT2D eigenvalue weighted by Crippen LogP contribution is -2.70. The lowest BCUT2D eigenvalue weighted by molar-refractivity contribution is -0.157. The third-order valence-corrected chi connectivity index (χ3v) is 4.22. The Kier molecular flexibility index (Phi) is 5.92. The van der Waals surface area contributed by atoms with Gasteiger partial charge in [0.2, 0.25) is 0 Å². The molecule has 5 atom stereocenters. The lowest BCUT2D eigenvalue weighted by Gasteiger charge is -2.42. The minimum atomic E-state index is -1.62. The van der Waals surface area contributed by atoms with Crippen molar-refractivity contribution in [3.63, 3.8) is 0 Å². The first-order valence-electron chi connectivity index (χ1n) is 7.48. The quantitative estimate of drug-likeness (QED) is 0.261. The molecule has 0 aliphatic carbocycles. The van der Waals surface area contributed by atoms with Crippen LogP contribution in [0.15, 0.2) is 0 Å². The molecule has 1 unspecified atom stereocenters. The number of amides is 3. The molecule has 0 aromatic carbocycles. The highest BCUT2D eigenvalue weighted by molar-refractivity contribution is 6.02. The maximum absolute atomic E-state index is 12.2. The van der Waals surface area contributed by atoms with Crippen molar-refractivity contribution in [1.29, 1.82) is 0 Å². The van der Waals surface area contributed by atoms with Gasteiger partial charge in [-0.2, -0.15) is 0 Å². The lowest BCUT2D eigenvalue weighted by atomic mass is 9.98. The minimum absolute atomic E-state index is 0.222. The van der Waals surface area contributed by atoms with Crippen LogP contribution in [0.25, 0.3) is 0 Å². The summed E-state index contributed by atoms with van der Waals surface area (Å²) in [5.74, 6) is -1.92. The van der Waals surface area contributed by atoms with E-state index in [1.165, 1.54) is 7.11 Å². The summed E-state index contributed by atoms with van der Waals surface area (Å²) in [6.07, 6.45) is -5.32. The van der Waals surface area contributed by atoms with Gasteiger partial charge in [-0.3, -0.25) is 19.8 Å². The number of carbonyl (C=O) groups excluding carboxylic acids is 2. The molecule has 2 rings (SSSR count). The number of nitrogens with zero attached hydrogens (tertiary/aromatic N) is 1. The van der Waals surface area contributed by atoms with E-state index >= 15 is 0 Å². The summed E-state index contributed by atoms with van der Waals surface area (Å²) in [6.45, 7) is -1.58. The molecule has 0 radical (unpaired) electrons. The molecule has 0 saturated carbocycles. The molecule has 6 N–H and O–H groups in total. The summed E-state index contributed by atoms with van der Waals surface area (Å²) in [5, 5.41) is 42.3. The van der Waals surface area contributed by atoms with Crippen LogP contribution in [-0.2, 0) is 19.1 Å². The smallest absolute Gasteiger partial charge is 0.326 e. The van der Waals surface area contributed by atoms with Gasteiger partial charge in [-0.25, -0.2) is 4.79 Å². The predicted octanol–water partition coefficient (Wildman–Crippen LogP) is -3.96. The molecule has 12 heteroatoms. The van der Waals surface area contributed by atoms with Crippen LogP contribution < -0.4 is 10.6 Å². The van der Waals surface area contributed by atoms with Crippen LogP contribution in [0.4, 0.5) is 4.79 Å². The number of carbonyl (C=O) groups is 3. The summed E-state index contributed by atoms with van der Waals surface area (Å²) < 4.78 is 10.5. The number of urea groups is 1. The molecule has 3 amide bonds. The van der Waals surface area contributed by atoms with Crippen molar-refractivity contribution in [2.24, 2.45) is 0 Å². The largest absolute Gasteiger partial charge is 0.480 e. The molecule has 142 valence electrons. The fourth-order valence-electron chi connectivity index (χ4n) is 2.78. The number of nitrogens with one attached hydrogen (secondary N) is 2. The van der Waals surface area contributed by atoms with Crippen molar-refractivity contribution in [3.8, 4) is 0 Å². The van der Waals surface area contributed by atoms with E-state index in [9.17, 15) is 24.6 Å². The standard InChI is InChI=1S/C13H21N3O9/c1-24-13(4-14-2-7(18)19)5-16(12(23)15-11(13)22)10-9(21)8(20)6(3-17)25-10/h6,8-10,14,17,20-21H,2-5H2,1H3,(H,18,19)(H,15,22,23)/t6-,8-,9-,10-,13?/m1/s1. The van der Waals surface area contributed by atoms with Gasteiger partial charge in [0.1, 0.15) is 18.3 Å². The molecule has 2 aliphatic heterocycles. The van der Waals surface area contributed by atoms with E-state index in [1.807, 2.05) is 0 Å². The zero-order valence-electron chi connectivity index (χ0n) is 13.4. The maximum atomic E-state index is 12.2. The molecule has 0 aromatic heterocycles. The van der Waals surface area contributed by atoms with E-state index in [4.69, 9.17) is 19.7 Å². The Bertz CT molecular complexity index is 545. The average molecular weight is 363 g/mol. The highest BCUT2D eigenvalue weighted by atomic mass is 16.6. The molecule has 2 aliphatic rings. The Morgan fingerprint density at radius 1 is 1.44 bits per heavy atom. The van der Waals surface area contributed by atoms with E-state index in [-0.39, 0.29) is 13.1 Å². The van der Waals surface area contributed by atoms with Crippen LogP contribution >= 0.6 is 0 Å². The Morgan fingerprint density at radius 2 is 2.12 bits per heavy atom. The maximum Gasteiger partial charge on any atom is 0.326 e. The van der Waals surface area contributed by atoms with Gasteiger partial charge in [-0.05, 0) is 0 Å². The van der Waals surface area contributed by atoms with Gasteiger partial charge in [0, 0.05) is 13.7 Å². The monoisotopic (exact) mass is 363 g/mol. The Morgan fingerprint density at radius 3 is 2.64 bits per heavy atom. The van der Waals surface area contributed by atoms with E-state index < -0.39 is 61.2 Å². The molecule has 25 heavy (non-hydrogen) atoms. The summed E-state index contributed by atoms with van der Waals surface area (Å²) in [6, 6.07) is -0.870. The number of carboxylic acid groups (broad SMARTS) is 1. The molecule has 0 aromatic rings. The molecule has 12 nitrogen and oxygen atoms in total. The zero-order valence-corrected chi connectivity index (χ0v) is 13.4. The Hall–Kier alpha value is -1.83. The van der Waals surface area contributed by atoms with E-state index in [1.54, 1.807) is 0 Å². The Balaban J connectivity index is 2.17. The van der Waals surface area contributed by atoms with Gasteiger partial charge >= 0.3 is 12.0 Å². The van der Waals surface area contributed by atoms with Gasteiger partial charge in [-0.1, -0.05) is 0 Å². The molecule has 2 saturated heterocycles. The number of aliphatic hydroxyl groups excluding tert-OH is 3. The van der Waals surface area contributed by atoms with E-state index in [2.05, 4.69) is 10.6 Å². The van der Waals surface area contributed by atoms with Gasteiger partial charge in [0.15, 0.2) is 11.8 Å². The zero-order chi connectivity index (χ0) is 18.8. The number of methoxy groups -OCH3 is 1. The highest BCUT2D eigenvalue weighted by Crippen LogP contribution is 2.28. The van der Waals surface area contributed by atoms with Gasteiger partial charge in [0.25, 0.3) is 5.91 Å². The number of rotatable bonds is 7.